The van der Waals surface area contributed by atoms with E-state index in [4.69, 9.17) is 14.2 Å². The highest BCUT2D eigenvalue weighted by Gasteiger charge is 2.48. The van der Waals surface area contributed by atoms with Gasteiger partial charge in [0.15, 0.2) is 12.6 Å². The predicted octanol–water partition coefficient (Wildman–Crippen LogP) is 5.63. The van der Waals surface area contributed by atoms with Gasteiger partial charge in [-0.1, -0.05) is 27.7 Å². The van der Waals surface area contributed by atoms with Gasteiger partial charge in [0, 0.05) is 36.1 Å². The number of carbonyl (C=O) groups is 3. The molecule has 0 aliphatic carbocycles. The number of nitrogens with one attached hydrogen (secondary N) is 2. The molecule has 51 heavy (non-hydrogen) atoms. The lowest BCUT2D eigenvalue weighted by molar-refractivity contribution is -0.160. The largest absolute Gasteiger partial charge is 0.508 e. The molecule has 0 radical (unpaired) electrons. The summed E-state index contributed by atoms with van der Waals surface area (Å²) < 4.78 is 20.4. The first kappa shape index (κ1) is 38.3. The van der Waals surface area contributed by atoms with Gasteiger partial charge in [-0.3, -0.25) is 10.6 Å². The fourth-order valence-electron chi connectivity index (χ4n) is 5.36. The topological polar surface area (TPSA) is 188 Å². The summed E-state index contributed by atoms with van der Waals surface area (Å²) in [4.78, 5) is 54.2. The standard InChI is InChI=1S/C36H48N6O9/c1-20(2)24-17-25(28(44)18-27(24)43)29-39-41(33(48)42(29)23-12-13-26-22(16-23)14-15-40(26)11)19-49-30(45)36(21(3)4,37-31(46)50-34(5,6)7)38-32(47)51-35(8,9)10/h12-18,20-21,43-44H,19H2,1-11H3,(H,37,46)(H,38,47). The van der Waals surface area contributed by atoms with E-state index in [1.807, 2.05) is 43.8 Å². The number of aryl methyl sites for hydroxylation is 1. The molecule has 4 N–H and O–H groups in total. The lowest BCUT2D eigenvalue weighted by Gasteiger charge is -2.37. The summed E-state index contributed by atoms with van der Waals surface area (Å²) in [6.07, 6.45) is -0.166. The van der Waals surface area contributed by atoms with Gasteiger partial charge in [-0.2, -0.15) is 4.68 Å². The van der Waals surface area contributed by atoms with E-state index in [-0.39, 0.29) is 28.8 Å². The van der Waals surface area contributed by atoms with Crippen LogP contribution in [0, 0.1) is 5.92 Å². The summed E-state index contributed by atoms with van der Waals surface area (Å²) in [6.45, 7) is 15.9. The number of benzene rings is 2. The van der Waals surface area contributed by atoms with Crippen molar-refractivity contribution in [2.45, 2.75) is 98.8 Å². The van der Waals surface area contributed by atoms with Gasteiger partial charge in [0.25, 0.3) is 0 Å². The van der Waals surface area contributed by atoms with Gasteiger partial charge in [0.2, 0.25) is 5.66 Å². The summed E-state index contributed by atoms with van der Waals surface area (Å²) in [7, 11) is 1.89. The lowest BCUT2D eigenvalue weighted by atomic mass is 9.96. The number of alkyl carbamates (subject to hydrolysis) is 2. The fraction of sp³-hybridized carbons (Fsp3) is 0.472. The summed E-state index contributed by atoms with van der Waals surface area (Å²) in [5.41, 5.74) is -2.88. The van der Waals surface area contributed by atoms with Crippen LogP contribution in [0.5, 0.6) is 11.5 Å². The minimum Gasteiger partial charge on any atom is -0.508 e. The Hall–Kier alpha value is -5.47. The number of phenolic OH excluding ortho intramolecular Hbond substituents is 2. The van der Waals surface area contributed by atoms with Crippen molar-refractivity contribution >= 4 is 29.1 Å². The van der Waals surface area contributed by atoms with E-state index < -0.39 is 53.4 Å². The van der Waals surface area contributed by atoms with E-state index in [2.05, 4.69) is 15.7 Å². The van der Waals surface area contributed by atoms with Crippen LogP contribution >= 0.6 is 0 Å². The second kappa shape index (κ2) is 14.0. The first-order valence-electron chi connectivity index (χ1n) is 16.5. The van der Waals surface area contributed by atoms with Gasteiger partial charge in [0.05, 0.1) is 11.3 Å². The SMILES string of the molecule is CC(C)c1cc(-c2nn(COC(=O)C(NC(=O)OC(C)(C)C)(NC(=O)OC(C)(C)C)C(C)C)c(=O)n2-c2ccc3c(ccn3C)c2)c(O)cc1O. The molecule has 4 aromatic rings. The molecule has 2 aromatic heterocycles. The maximum absolute atomic E-state index is 14.1. The molecule has 0 aliphatic rings. The predicted molar refractivity (Wildman–Crippen MR) is 190 cm³/mol. The first-order chi connectivity index (χ1) is 23.5. The molecule has 15 nitrogen and oxygen atoms in total. The summed E-state index contributed by atoms with van der Waals surface area (Å²) in [5.74, 6) is -2.57. The quantitative estimate of drug-likeness (QED) is 0.0964. The Morgan fingerprint density at radius 3 is 1.98 bits per heavy atom. The Morgan fingerprint density at radius 1 is 0.863 bits per heavy atom. The number of ether oxygens (including phenoxy) is 3. The Morgan fingerprint density at radius 2 is 1.45 bits per heavy atom. The van der Waals surface area contributed by atoms with Crippen LogP contribution in [0.15, 0.2) is 47.4 Å². The number of carbonyl (C=O) groups excluding carboxylic acids is 3. The van der Waals surface area contributed by atoms with Gasteiger partial charge in [-0.05, 0) is 83.4 Å². The molecule has 15 heteroatoms. The van der Waals surface area contributed by atoms with Crippen molar-refractivity contribution in [2.24, 2.45) is 13.0 Å². The number of esters is 1. The zero-order chi connectivity index (χ0) is 38.2. The molecule has 0 atom stereocenters. The van der Waals surface area contributed by atoms with E-state index in [1.165, 1.54) is 10.6 Å². The van der Waals surface area contributed by atoms with E-state index in [0.717, 1.165) is 15.6 Å². The van der Waals surface area contributed by atoms with Gasteiger partial charge in [-0.15, -0.1) is 5.10 Å². The molecule has 0 unspecified atom stereocenters. The summed E-state index contributed by atoms with van der Waals surface area (Å²) >= 11 is 0. The van der Waals surface area contributed by atoms with Crippen LogP contribution in [-0.4, -0.2) is 64.1 Å². The average Bonchev–Trinajstić information content (AvgIpc) is 3.51. The van der Waals surface area contributed by atoms with E-state index >= 15 is 0 Å². The molecule has 4 rings (SSSR count). The van der Waals surface area contributed by atoms with Gasteiger partial charge < -0.3 is 29.0 Å². The minimum absolute atomic E-state index is 0.000358. The number of aromatic nitrogens is 4. The van der Waals surface area contributed by atoms with Crippen molar-refractivity contribution in [2.75, 3.05) is 0 Å². The Kier molecular flexibility index (Phi) is 10.6. The number of hydrogen-bond donors (Lipinski definition) is 4. The van der Waals surface area contributed by atoms with E-state index in [1.54, 1.807) is 73.6 Å². The number of hydrogen-bond acceptors (Lipinski definition) is 10. The molecule has 0 spiro atoms. The van der Waals surface area contributed by atoms with Crippen molar-refractivity contribution in [3.63, 3.8) is 0 Å². The molecule has 0 saturated carbocycles. The van der Waals surface area contributed by atoms with Gasteiger partial charge >= 0.3 is 23.8 Å². The number of aromatic hydroxyl groups is 2. The maximum Gasteiger partial charge on any atom is 0.409 e. The van der Waals surface area contributed by atoms with Crippen LogP contribution in [-0.2, 0) is 32.8 Å². The van der Waals surface area contributed by atoms with Crippen molar-refractivity contribution in [1.29, 1.82) is 0 Å². The van der Waals surface area contributed by atoms with Crippen LogP contribution in [0.1, 0.15) is 80.7 Å². The van der Waals surface area contributed by atoms with E-state index in [0.29, 0.717) is 11.3 Å². The number of phenols is 2. The third-order valence-corrected chi connectivity index (χ3v) is 7.88. The normalized spacial score (nSPS) is 12.3. The van der Waals surface area contributed by atoms with E-state index in [9.17, 15) is 29.4 Å². The number of amides is 2. The highest BCUT2D eigenvalue weighted by atomic mass is 16.6. The second-order valence-corrected chi connectivity index (χ2v) is 15.0. The monoisotopic (exact) mass is 708 g/mol. The average molecular weight is 709 g/mol. The molecule has 2 aromatic carbocycles. The minimum atomic E-state index is -2.21. The lowest BCUT2D eigenvalue weighted by Crippen LogP contribution is -2.69. The molecule has 0 bridgehead atoms. The van der Waals surface area contributed by atoms with Crippen LogP contribution < -0.4 is 16.3 Å². The molecular formula is C36H48N6O9. The molecule has 0 aliphatic heterocycles. The number of fused-ring (bicyclic) bond motifs is 1. The number of rotatable bonds is 9. The first-order valence-corrected chi connectivity index (χ1v) is 16.5. The van der Waals surface area contributed by atoms with Crippen molar-refractivity contribution < 1.29 is 38.8 Å². The van der Waals surface area contributed by atoms with Crippen LogP contribution in [0.2, 0.25) is 0 Å². The number of nitrogens with zero attached hydrogens (tertiary/aromatic N) is 4. The molecular weight excluding hydrogens is 660 g/mol. The van der Waals surface area contributed by atoms with Crippen LogP contribution in [0.25, 0.3) is 28.0 Å². The van der Waals surface area contributed by atoms with Crippen molar-refractivity contribution in [3.05, 3.63) is 58.6 Å². The zero-order valence-electron chi connectivity index (χ0n) is 30.9. The molecule has 0 saturated heterocycles. The zero-order valence-corrected chi connectivity index (χ0v) is 30.9. The highest BCUT2D eigenvalue weighted by Crippen LogP contribution is 2.37. The van der Waals surface area contributed by atoms with Crippen LogP contribution in [0.3, 0.4) is 0 Å². The van der Waals surface area contributed by atoms with Gasteiger partial charge in [-0.25, -0.2) is 23.7 Å². The molecule has 0 fully saturated rings. The maximum atomic E-state index is 14.1. The molecule has 2 amide bonds. The van der Waals surface area contributed by atoms with Gasteiger partial charge in [0.1, 0.15) is 22.7 Å². The Labute approximate surface area is 296 Å². The summed E-state index contributed by atoms with van der Waals surface area (Å²) in [5, 5.41) is 31.7. The van der Waals surface area contributed by atoms with Crippen molar-refractivity contribution in [3.8, 4) is 28.6 Å². The smallest absolute Gasteiger partial charge is 0.409 e. The highest BCUT2D eigenvalue weighted by molar-refractivity contribution is 5.89. The fourth-order valence-corrected chi connectivity index (χ4v) is 5.36. The third-order valence-electron chi connectivity index (χ3n) is 7.88. The van der Waals surface area contributed by atoms with Crippen LogP contribution in [0.4, 0.5) is 9.59 Å². The molecule has 276 valence electrons. The summed E-state index contributed by atoms with van der Waals surface area (Å²) in [6, 6.07) is 9.93. The Bertz CT molecular complexity index is 1980. The Balaban J connectivity index is 1.82. The van der Waals surface area contributed by atoms with Crippen molar-refractivity contribution in [1.82, 2.24) is 29.5 Å². The third kappa shape index (κ3) is 8.47. The molecule has 2 heterocycles. The second-order valence-electron chi connectivity index (χ2n) is 15.0.